The van der Waals surface area contributed by atoms with Gasteiger partial charge in [0.25, 0.3) is 0 Å². The summed E-state index contributed by atoms with van der Waals surface area (Å²) >= 11 is 0. The number of rotatable bonds is 6. The van der Waals surface area contributed by atoms with Crippen molar-refractivity contribution in [3.05, 3.63) is 41.1 Å². The monoisotopic (exact) mass is 450 g/mol. The van der Waals surface area contributed by atoms with Crippen molar-refractivity contribution < 1.29 is 22.7 Å². The molecular weight excluding hydrogens is 425 g/mol. The smallest absolute Gasteiger partial charge is 0.378 e. The molecule has 172 valence electrons. The maximum absolute atomic E-state index is 13.4. The molecule has 1 saturated heterocycles. The van der Waals surface area contributed by atoms with E-state index in [1.165, 1.54) is 11.1 Å². The Morgan fingerprint density at radius 3 is 2.81 bits per heavy atom. The molecule has 11 heteroatoms. The lowest BCUT2D eigenvalue weighted by atomic mass is 10.0. The van der Waals surface area contributed by atoms with E-state index in [0.717, 1.165) is 25.7 Å². The van der Waals surface area contributed by atoms with Gasteiger partial charge in [-0.1, -0.05) is 6.07 Å². The van der Waals surface area contributed by atoms with Crippen LogP contribution in [0.4, 0.5) is 30.6 Å². The molecule has 2 aliphatic heterocycles. The molecule has 2 aliphatic rings. The Morgan fingerprint density at radius 1 is 1.22 bits per heavy atom. The lowest BCUT2D eigenvalue weighted by molar-refractivity contribution is -0.137. The molecule has 3 N–H and O–H groups in total. The number of carbonyl (C=O) groups is 1. The normalized spacial score (nSPS) is 16.4. The van der Waals surface area contributed by atoms with Crippen LogP contribution in [-0.4, -0.2) is 60.2 Å². The molecule has 2 aromatic rings. The minimum absolute atomic E-state index is 0.0293. The van der Waals surface area contributed by atoms with E-state index >= 15 is 0 Å². The largest absolute Gasteiger partial charge is 0.421 e. The summed E-state index contributed by atoms with van der Waals surface area (Å²) in [6.07, 6.45) is -2.93. The maximum atomic E-state index is 13.4. The van der Waals surface area contributed by atoms with E-state index in [9.17, 15) is 18.0 Å². The van der Waals surface area contributed by atoms with Gasteiger partial charge in [0, 0.05) is 44.5 Å². The van der Waals surface area contributed by atoms with Crippen LogP contribution in [0.1, 0.15) is 23.1 Å². The molecule has 32 heavy (non-hydrogen) atoms. The number of hydrogen-bond acceptors (Lipinski definition) is 7. The van der Waals surface area contributed by atoms with Gasteiger partial charge in [-0.3, -0.25) is 4.79 Å². The first-order valence-corrected chi connectivity index (χ1v) is 10.5. The third kappa shape index (κ3) is 5.46. The van der Waals surface area contributed by atoms with Crippen LogP contribution in [0.15, 0.2) is 24.4 Å². The van der Waals surface area contributed by atoms with Crippen LogP contribution in [0, 0.1) is 0 Å². The molecule has 0 saturated carbocycles. The van der Waals surface area contributed by atoms with Crippen molar-refractivity contribution in [1.82, 2.24) is 20.2 Å². The average molecular weight is 450 g/mol. The van der Waals surface area contributed by atoms with Gasteiger partial charge in [0.1, 0.15) is 11.4 Å². The lowest BCUT2D eigenvalue weighted by Crippen LogP contribution is -2.41. The molecule has 0 atom stereocenters. The number of nitrogens with one attached hydrogen (secondary N) is 3. The summed E-state index contributed by atoms with van der Waals surface area (Å²) in [7, 11) is 0. The second-order valence-corrected chi connectivity index (χ2v) is 7.66. The van der Waals surface area contributed by atoms with E-state index in [2.05, 4.69) is 25.9 Å². The summed E-state index contributed by atoms with van der Waals surface area (Å²) < 4.78 is 45.5. The first-order chi connectivity index (χ1) is 15.4. The molecule has 3 heterocycles. The van der Waals surface area contributed by atoms with Gasteiger partial charge in [-0.25, -0.2) is 4.98 Å². The zero-order valence-corrected chi connectivity index (χ0v) is 17.5. The number of nitrogens with zero attached hydrogens (tertiary/aromatic N) is 3. The third-order valence-corrected chi connectivity index (χ3v) is 5.44. The molecule has 1 aromatic heterocycles. The zero-order valence-electron chi connectivity index (χ0n) is 17.5. The van der Waals surface area contributed by atoms with Crippen molar-refractivity contribution in [2.75, 3.05) is 50.0 Å². The molecule has 0 unspecified atom stereocenters. The van der Waals surface area contributed by atoms with Crippen LogP contribution in [0.2, 0.25) is 0 Å². The Balaban J connectivity index is 1.45. The van der Waals surface area contributed by atoms with Crippen molar-refractivity contribution in [2.24, 2.45) is 0 Å². The van der Waals surface area contributed by atoms with Crippen molar-refractivity contribution in [2.45, 2.75) is 25.6 Å². The second kappa shape index (κ2) is 9.70. The molecule has 1 amide bonds. The quantitative estimate of drug-likeness (QED) is 0.623. The van der Waals surface area contributed by atoms with Crippen molar-refractivity contribution >= 4 is 23.4 Å². The summed E-state index contributed by atoms with van der Waals surface area (Å²) in [5.41, 5.74) is 2.11. The Kier molecular flexibility index (Phi) is 6.75. The Labute approximate surface area is 183 Å². The fourth-order valence-corrected chi connectivity index (χ4v) is 3.73. The first-order valence-electron chi connectivity index (χ1n) is 10.5. The number of ether oxygens (including phenoxy) is 1. The Bertz CT molecular complexity index is 963. The molecule has 0 bridgehead atoms. The van der Waals surface area contributed by atoms with Crippen LogP contribution in [0.5, 0.6) is 0 Å². The summed E-state index contributed by atoms with van der Waals surface area (Å²) in [6, 6.07) is 5.79. The van der Waals surface area contributed by atoms with Crippen LogP contribution < -0.4 is 16.0 Å². The van der Waals surface area contributed by atoms with Crippen molar-refractivity contribution in [1.29, 1.82) is 0 Å². The van der Waals surface area contributed by atoms with Gasteiger partial charge in [-0.05, 0) is 36.2 Å². The number of benzene rings is 1. The third-order valence-electron chi connectivity index (χ3n) is 5.44. The summed E-state index contributed by atoms with van der Waals surface area (Å²) in [4.78, 5) is 21.8. The van der Waals surface area contributed by atoms with E-state index in [0.29, 0.717) is 32.0 Å². The minimum atomic E-state index is -4.62. The van der Waals surface area contributed by atoms with Gasteiger partial charge in [0.05, 0.1) is 13.2 Å². The van der Waals surface area contributed by atoms with E-state index in [1.54, 1.807) is 4.90 Å². The predicted octanol–water partition coefficient (Wildman–Crippen LogP) is 2.55. The van der Waals surface area contributed by atoms with Crippen LogP contribution >= 0.6 is 0 Å². The SMILES string of the molecule is O=C(CCNc1nc(Nc2ccc3c(c2)CCNC3)ncc1C(F)(F)F)N1CCOCC1. The fourth-order valence-electron chi connectivity index (χ4n) is 3.73. The van der Waals surface area contributed by atoms with E-state index in [1.807, 2.05) is 18.2 Å². The van der Waals surface area contributed by atoms with E-state index in [-0.39, 0.29) is 30.6 Å². The highest BCUT2D eigenvalue weighted by Crippen LogP contribution is 2.34. The molecule has 1 aromatic carbocycles. The number of morpholine rings is 1. The van der Waals surface area contributed by atoms with Crippen LogP contribution in [0.25, 0.3) is 0 Å². The predicted molar refractivity (Wildman–Crippen MR) is 113 cm³/mol. The highest BCUT2D eigenvalue weighted by molar-refractivity contribution is 5.76. The molecule has 0 radical (unpaired) electrons. The highest BCUT2D eigenvalue weighted by atomic mass is 19.4. The molecule has 0 aliphatic carbocycles. The zero-order chi connectivity index (χ0) is 22.6. The molecular formula is C21H25F3N6O2. The fraction of sp³-hybridized carbons (Fsp3) is 0.476. The Morgan fingerprint density at radius 2 is 2.03 bits per heavy atom. The number of halogens is 3. The number of anilines is 3. The summed E-state index contributed by atoms with van der Waals surface area (Å²) in [6.45, 7) is 3.63. The van der Waals surface area contributed by atoms with E-state index < -0.39 is 11.7 Å². The number of carbonyl (C=O) groups excluding carboxylic acids is 1. The number of amides is 1. The lowest BCUT2D eigenvalue weighted by Gasteiger charge is -2.27. The van der Waals surface area contributed by atoms with Crippen LogP contribution in [-0.2, 0) is 28.7 Å². The van der Waals surface area contributed by atoms with Crippen LogP contribution in [0.3, 0.4) is 0 Å². The number of fused-ring (bicyclic) bond motifs is 1. The molecule has 0 spiro atoms. The van der Waals surface area contributed by atoms with Crippen molar-refractivity contribution in [3.8, 4) is 0 Å². The van der Waals surface area contributed by atoms with Crippen molar-refractivity contribution in [3.63, 3.8) is 0 Å². The van der Waals surface area contributed by atoms with Gasteiger partial charge in [-0.2, -0.15) is 18.2 Å². The number of alkyl halides is 3. The van der Waals surface area contributed by atoms with E-state index in [4.69, 9.17) is 4.74 Å². The molecule has 4 rings (SSSR count). The number of aromatic nitrogens is 2. The first kappa shape index (κ1) is 22.3. The topological polar surface area (TPSA) is 91.4 Å². The minimum Gasteiger partial charge on any atom is -0.378 e. The summed E-state index contributed by atoms with van der Waals surface area (Å²) in [5, 5.41) is 8.95. The van der Waals surface area contributed by atoms with Gasteiger partial charge < -0.3 is 25.6 Å². The second-order valence-electron chi connectivity index (χ2n) is 7.66. The van der Waals surface area contributed by atoms with Gasteiger partial charge in [0.15, 0.2) is 0 Å². The summed E-state index contributed by atoms with van der Waals surface area (Å²) in [5.74, 6) is -0.439. The van der Waals surface area contributed by atoms with Gasteiger partial charge in [0.2, 0.25) is 11.9 Å². The Hall–Kier alpha value is -2.92. The average Bonchev–Trinajstić information content (AvgIpc) is 2.79. The molecule has 8 nitrogen and oxygen atoms in total. The number of hydrogen-bond donors (Lipinski definition) is 3. The molecule has 1 fully saturated rings. The van der Waals surface area contributed by atoms with Gasteiger partial charge >= 0.3 is 6.18 Å². The van der Waals surface area contributed by atoms with Gasteiger partial charge in [-0.15, -0.1) is 0 Å². The standard InChI is InChI=1S/C21H25F3N6O2/c22-21(23,24)17-13-27-20(28-16-2-1-15-12-25-5-3-14(15)11-16)29-19(17)26-6-4-18(31)30-7-9-32-10-8-30/h1-2,11,13,25H,3-10,12H2,(H2,26,27,28,29). The maximum Gasteiger partial charge on any atom is 0.421 e. The highest BCUT2D eigenvalue weighted by Gasteiger charge is 2.35.